The Morgan fingerprint density at radius 3 is 2.54 bits per heavy atom. The zero-order chi connectivity index (χ0) is 9.68. The van der Waals surface area contributed by atoms with Crippen molar-refractivity contribution in [1.29, 1.82) is 0 Å². The number of aryl methyl sites for hydroxylation is 1. The Labute approximate surface area is 76.0 Å². The molecule has 0 aliphatic carbocycles. The Kier molecular flexibility index (Phi) is 3.40. The third kappa shape index (κ3) is 3.21. The average molecular weight is 181 g/mol. The third-order valence-corrected chi connectivity index (χ3v) is 1.78. The van der Waals surface area contributed by atoms with Crippen molar-refractivity contribution < 1.29 is 10.0 Å². The minimum atomic E-state index is -1.44. The van der Waals surface area contributed by atoms with E-state index in [0.717, 1.165) is 5.56 Å². The van der Waals surface area contributed by atoms with Crippen LogP contribution in [0.15, 0.2) is 30.3 Å². The molecule has 0 aliphatic heterocycles. The van der Waals surface area contributed by atoms with Crippen molar-refractivity contribution in [3.8, 4) is 0 Å². The van der Waals surface area contributed by atoms with Crippen LogP contribution in [0.2, 0.25) is 0 Å². The quantitative estimate of drug-likeness (QED) is 0.431. The van der Waals surface area contributed by atoms with E-state index in [1.165, 1.54) is 0 Å². The van der Waals surface area contributed by atoms with Crippen molar-refractivity contribution in [2.45, 2.75) is 19.1 Å². The van der Waals surface area contributed by atoms with E-state index in [0.29, 0.717) is 6.42 Å². The smallest absolute Gasteiger partial charge is 0.313 e. The van der Waals surface area contributed by atoms with Crippen LogP contribution < -0.4 is 0 Å². The van der Waals surface area contributed by atoms with E-state index < -0.39 is 11.2 Å². The molecule has 1 N–H and O–H groups in total. The van der Waals surface area contributed by atoms with E-state index in [9.17, 15) is 10.1 Å². The fourth-order valence-electron chi connectivity index (χ4n) is 1.05. The predicted molar refractivity (Wildman–Crippen MR) is 47.8 cm³/mol. The van der Waals surface area contributed by atoms with Gasteiger partial charge in [0.25, 0.3) is 0 Å². The summed E-state index contributed by atoms with van der Waals surface area (Å²) < 4.78 is 0. The highest BCUT2D eigenvalue weighted by Crippen LogP contribution is 2.04. The summed E-state index contributed by atoms with van der Waals surface area (Å²) >= 11 is 0. The minimum absolute atomic E-state index is 0.164. The lowest BCUT2D eigenvalue weighted by Gasteiger charge is -2.02. The maximum atomic E-state index is 10.1. The van der Waals surface area contributed by atoms with Crippen LogP contribution in [0.5, 0.6) is 0 Å². The maximum Gasteiger partial charge on any atom is 0.313 e. The first kappa shape index (κ1) is 9.67. The second-order valence-corrected chi connectivity index (χ2v) is 2.79. The molecular weight excluding hydrogens is 170 g/mol. The molecule has 1 atom stereocenters. The molecule has 70 valence electrons. The summed E-state index contributed by atoms with van der Waals surface area (Å²) in [5.41, 5.74) is 1.00. The minimum Gasteiger partial charge on any atom is -0.333 e. The Balaban J connectivity index is 2.39. The van der Waals surface area contributed by atoms with E-state index in [-0.39, 0.29) is 6.42 Å². The van der Waals surface area contributed by atoms with Gasteiger partial charge >= 0.3 is 6.23 Å². The summed E-state index contributed by atoms with van der Waals surface area (Å²) in [4.78, 5) is 9.40. The monoisotopic (exact) mass is 181 g/mol. The van der Waals surface area contributed by atoms with Gasteiger partial charge in [-0.1, -0.05) is 30.3 Å². The fraction of sp³-hybridized carbons (Fsp3) is 0.333. The number of benzene rings is 1. The highest BCUT2D eigenvalue weighted by Gasteiger charge is 2.13. The van der Waals surface area contributed by atoms with Crippen molar-refractivity contribution in [2.24, 2.45) is 0 Å². The summed E-state index contributed by atoms with van der Waals surface area (Å²) in [5.74, 6) is 0. The van der Waals surface area contributed by atoms with Gasteiger partial charge in [-0.2, -0.15) is 0 Å². The second kappa shape index (κ2) is 4.57. The van der Waals surface area contributed by atoms with Crippen molar-refractivity contribution >= 4 is 0 Å². The van der Waals surface area contributed by atoms with Gasteiger partial charge < -0.3 is 5.11 Å². The van der Waals surface area contributed by atoms with Gasteiger partial charge in [-0.15, -0.1) is 0 Å². The molecule has 0 spiro atoms. The van der Waals surface area contributed by atoms with Crippen molar-refractivity contribution in [3.63, 3.8) is 0 Å². The van der Waals surface area contributed by atoms with Gasteiger partial charge in [0.2, 0.25) is 0 Å². The summed E-state index contributed by atoms with van der Waals surface area (Å²) in [6.07, 6.45) is -0.750. The molecule has 4 nitrogen and oxygen atoms in total. The van der Waals surface area contributed by atoms with Gasteiger partial charge in [-0.3, -0.25) is 10.1 Å². The maximum absolute atomic E-state index is 10.1. The van der Waals surface area contributed by atoms with E-state index >= 15 is 0 Å². The van der Waals surface area contributed by atoms with Crippen molar-refractivity contribution in [2.75, 3.05) is 0 Å². The number of rotatable bonds is 4. The predicted octanol–water partition coefficient (Wildman–Crippen LogP) is 1.21. The molecule has 13 heavy (non-hydrogen) atoms. The lowest BCUT2D eigenvalue weighted by atomic mass is 10.1. The van der Waals surface area contributed by atoms with Crippen molar-refractivity contribution in [1.82, 2.24) is 0 Å². The zero-order valence-electron chi connectivity index (χ0n) is 7.09. The standard InChI is InChI=1S/C9H11NO3/c11-9(10(12)13)7-6-8-4-2-1-3-5-8/h1-5,9,11H,6-7H2. The molecule has 1 rings (SSSR count). The van der Waals surface area contributed by atoms with Crippen LogP contribution >= 0.6 is 0 Å². The van der Waals surface area contributed by atoms with Crippen LogP contribution in [0, 0.1) is 10.1 Å². The molecule has 0 radical (unpaired) electrons. The first-order chi connectivity index (χ1) is 6.20. The number of hydrogen-bond acceptors (Lipinski definition) is 3. The molecule has 0 bridgehead atoms. The molecule has 0 saturated heterocycles. The van der Waals surface area contributed by atoms with Gasteiger partial charge in [0.05, 0.1) is 4.92 Å². The molecule has 0 saturated carbocycles. The molecule has 1 unspecified atom stereocenters. The topological polar surface area (TPSA) is 63.4 Å². The fourth-order valence-corrected chi connectivity index (χ4v) is 1.05. The Hall–Kier alpha value is -1.42. The number of aliphatic hydroxyl groups is 1. The number of hydrogen-bond donors (Lipinski definition) is 1. The van der Waals surface area contributed by atoms with E-state index in [1.54, 1.807) is 0 Å². The highest BCUT2D eigenvalue weighted by atomic mass is 16.7. The molecular formula is C9H11NO3. The van der Waals surface area contributed by atoms with Gasteiger partial charge in [0.15, 0.2) is 0 Å². The van der Waals surface area contributed by atoms with E-state index in [2.05, 4.69) is 0 Å². The Bertz CT molecular complexity index is 273. The van der Waals surface area contributed by atoms with Gasteiger partial charge in [0, 0.05) is 6.42 Å². The zero-order valence-corrected chi connectivity index (χ0v) is 7.09. The molecule has 0 aromatic heterocycles. The molecule has 1 aromatic carbocycles. The molecule has 4 heteroatoms. The van der Waals surface area contributed by atoms with Gasteiger partial charge in [-0.05, 0) is 12.0 Å². The SMILES string of the molecule is O=[N+]([O-])C(O)CCc1ccccc1. The molecule has 0 heterocycles. The van der Waals surface area contributed by atoms with Crippen LogP contribution in [-0.2, 0) is 6.42 Å². The molecule has 1 aromatic rings. The third-order valence-electron chi connectivity index (χ3n) is 1.78. The van der Waals surface area contributed by atoms with Crippen LogP contribution in [0.3, 0.4) is 0 Å². The Morgan fingerprint density at radius 2 is 2.00 bits per heavy atom. The van der Waals surface area contributed by atoms with Crippen LogP contribution in [-0.4, -0.2) is 16.3 Å². The lowest BCUT2D eigenvalue weighted by molar-refractivity contribution is -0.571. The first-order valence-electron chi connectivity index (χ1n) is 4.05. The number of nitrogens with zero attached hydrogens (tertiary/aromatic N) is 1. The Morgan fingerprint density at radius 1 is 1.38 bits per heavy atom. The van der Waals surface area contributed by atoms with E-state index in [1.807, 2.05) is 30.3 Å². The molecule has 0 aliphatic rings. The number of nitro groups is 1. The van der Waals surface area contributed by atoms with Gasteiger partial charge in [0.1, 0.15) is 0 Å². The second-order valence-electron chi connectivity index (χ2n) is 2.79. The summed E-state index contributed by atoms with van der Waals surface area (Å²) in [5, 5.41) is 19.0. The number of aliphatic hydroxyl groups excluding tert-OH is 1. The normalized spacial score (nSPS) is 12.4. The molecule has 0 amide bonds. The summed E-state index contributed by atoms with van der Waals surface area (Å²) in [6.45, 7) is 0. The molecule has 0 fully saturated rings. The summed E-state index contributed by atoms with van der Waals surface area (Å²) in [6, 6.07) is 9.38. The van der Waals surface area contributed by atoms with E-state index in [4.69, 9.17) is 5.11 Å². The van der Waals surface area contributed by atoms with Crippen LogP contribution in [0.25, 0.3) is 0 Å². The van der Waals surface area contributed by atoms with Crippen molar-refractivity contribution in [3.05, 3.63) is 46.0 Å². The average Bonchev–Trinajstić information content (AvgIpc) is 2.15. The first-order valence-corrected chi connectivity index (χ1v) is 4.05. The van der Waals surface area contributed by atoms with Crippen LogP contribution in [0.4, 0.5) is 0 Å². The lowest BCUT2D eigenvalue weighted by Crippen LogP contribution is -2.18. The van der Waals surface area contributed by atoms with Gasteiger partial charge in [-0.25, -0.2) is 0 Å². The highest BCUT2D eigenvalue weighted by molar-refractivity contribution is 5.14. The summed E-state index contributed by atoms with van der Waals surface area (Å²) in [7, 11) is 0. The largest absolute Gasteiger partial charge is 0.333 e. The van der Waals surface area contributed by atoms with Crippen LogP contribution in [0.1, 0.15) is 12.0 Å².